The molecule has 0 saturated heterocycles. The van der Waals surface area contributed by atoms with Crippen molar-refractivity contribution in [1.82, 2.24) is 0 Å². The average molecular weight is 260 g/mol. The van der Waals surface area contributed by atoms with E-state index in [4.69, 9.17) is 5.73 Å². The first kappa shape index (κ1) is 11.0. The van der Waals surface area contributed by atoms with Gasteiger partial charge in [-0.15, -0.1) is 11.3 Å². The second-order valence-electron chi connectivity index (χ2n) is 3.12. The van der Waals surface area contributed by atoms with Gasteiger partial charge in [0.25, 0.3) is 0 Å². The number of halogens is 1. The van der Waals surface area contributed by atoms with Crippen LogP contribution in [-0.2, 0) is 0 Å². The highest BCUT2D eigenvalue weighted by Crippen LogP contribution is 2.31. The molecule has 0 aromatic carbocycles. The molecule has 0 bridgehead atoms. The smallest absolute Gasteiger partial charge is 0.0704 e. The average Bonchev–Trinajstić information content (AvgIpc) is 2.46. The van der Waals surface area contributed by atoms with Gasteiger partial charge in [0.2, 0.25) is 0 Å². The molecule has 0 amide bonds. The van der Waals surface area contributed by atoms with Crippen LogP contribution in [-0.4, -0.2) is 6.54 Å². The summed E-state index contributed by atoms with van der Waals surface area (Å²) in [5, 5.41) is 0. The summed E-state index contributed by atoms with van der Waals surface area (Å²) in [5.74, 6) is 0. The van der Waals surface area contributed by atoms with Gasteiger partial charge in [-0.2, -0.15) is 0 Å². The third-order valence-electron chi connectivity index (χ3n) is 1.87. The topological polar surface area (TPSA) is 26.0 Å². The summed E-state index contributed by atoms with van der Waals surface area (Å²) >= 11 is 5.23. The number of hydrogen-bond acceptors (Lipinski definition) is 2. The molecule has 0 aliphatic heterocycles. The molecule has 1 nitrogen and oxygen atoms in total. The van der Waals surface area contributed by atoms with Gasteiger partial charge in [0.1, 0.15) is 0 Å². The monoisotopic (exact) mass is 259 g/mol. The van der Waals surface area contributed by atoms with E-state index in [0.29, 0.717) is 0 Å². The summed E-state index contributed by atoms with van der Waals surface area (Å²) in [7, 11) is 0. The van der Waals surface area contributed by atoms with Crippen LogP contribution in [0.1, 0.15) is 25.1 Å². The first-order chi connectivity index (χ1) is 6.15. The van der Waals surface area contributed by atoms with Crippen LogP contribution in [0.5, 0.6) is 0 Å². The van der Waals surface area contributed by atoms with Gasteiger partial charge in [0, 0.05) is 4.88 Å². The fourth-order valence-corrected chi connectivity index (χ4v) is 2.81. The maximum absolute atomic E-state index is 5.57. The zero-order chi connectivity index (χ0) is 9.84. The Morgan fingerprint density at radius 2 is 2.15 bits per heavy atom. The fraction of sp³-hybridized carbons (Fsp3) is 0.400. The molecule has 13 heavy (non-hydrogen) atoms. The maximum Gasteiger partial charge on any atom is 0.0704 e. The van der Waals surface area contributed by atoms with Gasteiger partial charge in [-0.05, 0) is 60.4 Å². The summed E-state index contributed by atoms with van der Waals surface area (Å²) in [6.45, 7) is 4.99. The molecule has 0 aliphatic carbocycles. The molecule has 0 spiro atoms. The van der Waals surface area contributed by atoms with Crippen LogP contribution in [0, 0.1) is 0 Å². The summed E-state index contributed by atoms with van der Waals surface area (Å²) in [6, 6.07) is 4.23. The maximum atomic E-state index is 5.57. The van der Waals surface area contributed by atoms with Gasteiger partial charge in [-0.3, -0.25) is 0 Å². The summed E-state index contributed by atoms with van der Waals surface area (Å²) in [6.07, 6.45) is 0.968. The number of thiophene rings is 1. The van der Waals surface area contributed by atoms with Crippen molar-refractivity contribution in [2.75, 3.05) is 6.54 Å². The van der Waals surface area contributed by atoms with Gasteiger partial charge < -0.3 is 5.73 Å². The Labute approximate surface area is 91.8 Å². The number of allylic oxidation sites excluding steroid dienone is 1. The predicted molar refractivity (Wildman–Crippen MR) is 64.0 cm³/mol. The molecular weight excluding hydrogens is 246 g/mol. The molecule has 0 radical (unpaired) electrons. The lowest BCUT2D eigenvalue weighted by Crippen LogP contribution is -2.00. The lowest BCUT2D eigenvalue weighted by molar-refractivity contribution is 1.01. The Morgan fingerprint density at radius 3 is 2.54 bits per heavy atom. The van der Waals surface area contributed by atoms with E-state index < -0.39 is 0 Å². The van der Waals surface area contributed by atoms with Crippen molar-refractivity contribution >= 4 is 32.8 Å². The number of rotatable bonds is 3. The van der Waals surface area contributed by atoms with Crippen molar-refractivity contribution in [3.8, 4) is 0 Å². The molecule has 0 atom stereocenters. The van der Waals surface area contributed by atoms with Gasteiger partial charge >= 0.3 is 0 Å². The minimum absolute atomic E-state index is 0.718. The summed E-state index contributed by atoms with van der Waals surface area (Å²) in [5.41, 5.74) is 8.32. The third kappa shape index (κ3) is 2.93. The lowest BCUT2D eigenvalue weighted by atomic mass is 10.1. The Hall–Kier alpha value is -0.120. The van der Waals surface area contributed by atoms with E-state index in [1.54, 1.807) is 11.3 Å². The number of nitrogens with two attached hydrogens (primary N) is 1. The molecule has 1 rings (SSSR count). The van der Waals surface area contributed by atoms with Crippen LogP contribution in [0.15, 0.2) is 21.5 Å². The molecule has 0 aliphatic rings. The third-order valence-corrected chi connectivity index (χ3v) is 3.55. The van der Waals surface area contributed by atoms with E-state index in [0.717, 1.165) is 13.0 Å². The van der Waals surface area contributed by atoms with Gasteiger partial charge in [-0.1, -0.05) is 5.57 Å². The van der Waals surface area contributed by atoms with Gasteiger partial charge in [-0.25, -0.2) is 0 Å². The normalized spacial score (nSPS) is 10.2. The molecule has 2 N–H and O–H groups in total. The minimum Gasteiger partial charge on any atom is -0.330 e. The highest BCUT2D eigenvalue weighted by molar-refractivity contribution is 9.11. The van der Waals surface area contributed by atoms with Crippen molar-refractivity contribution in [3.63, 3.8) is 0 Å². The molecule has 0 fully saturated rings. The molecule has 1 aromatic rings. The molecular formula is C10H14BrNS. The van der Waals surface area contributed by atoms with Crippen molar-refractivity contribution in [2.45, 2.75) is 20.3 Å². The second-order valence-corrected chi connectivity index (χ2v) is 5.58. The predicted octanol–water partition coefficient (Wildman–Crippen LogP) is 3.65. The van der Waals surface area contributed by atoms with Crippen molar-refractivity contribution < 1.29 is 0 Å². The van der Waals surface area contributed by atoms with Gasteiger partial charge in [0.15, 0.2) is 0 Å². The summed E-state index contributed by atoms with van der Waals surface area (Å²) in [4.78, 5) is 1.33. The number of hydrogen-bond donors (Lipinski definition) is 1. The highest BCUT2D eigenvalue weighted by Gasteiger charge is 2.05. The molecule has 1 aromatic heterocycles. The van der Waals surface area contributed by atoms with E-state index in [1.165, 1.54) is 19.8 Å². The minimum atomic E-state index is 0.718. The Bertz CT molecular complexity index is 310. The second kappa shape index (κ2) is 4.94. The van der Waals surface area contributed by atoms with Crippen LogP contribution >= 0.6 is 27.3 Å². The first-order valence-electron chi connectivity index (χ1n) is 4.27. The van der Waals surface area contributed by atoms with Crippen LogP contribution in [0.3, 0.4) is 0 Å². The Balaban J connectivity index is 2.96. The van der Waals surface area contributed by atoms with E-state index in [-0.39, 0.29) is 0 Å². The van der Waals surface area contributed by atoms with Gasteiger partial charge in [0.05, 0.1) is 3.79 Å². The van der Waals surface area contributed by atoms with Crippen LogP contribution in [0.4, 0.5) is 0 Å². The fourth-order valence-electron chi connectivity index (χ4n) is 1.24. The zero-order valence-corrected chi connectivity index (χ0v) is 10.3. The van der Waals surface area contributed by atoms with Crippen molar-refractivity contribution in [1.29, 1.82) is 0 Å². The van der Waals surface area contributed by atoms with Crippen LogP contribution in [0.25, 0.3) is 5.57 Å². The lowest BCUT2D eigenvalue weighted by Gasteiger charge is -2.05. The Morgan fingerprint density at radius 1 is 1.46 bits per heavy atom. The standard InChI is InChI=1S/C10H14BrNS/c1-7(2)8(5-6-12)9-3-4-10(11)13-9/h3-4H,5-6,12H2,1-2H3. The largest absolute Gasteiger partial charge is 0.330 e. The molecule has 3 heteroatoms. The van der Waals surface area contributed by atoms with Crippen molar-refractivity contribution in [3.05, 3.63) is 26.4 Å². The zero-order valence-electron chi connectivity index (χ0n) is 7.93. The molecule has 72 valence electrons. The van der Waals surface area contributed by atoms with Crippen LogP contribution < -0.4 is 5.73 Å². The van der Waals surface area contributed by atoms with Crippen LogP contribution in [0.2, 0.25) is 0 Å². The first-order valence-corrected chi connectivity index (χ1v) is 5.88. The van der Waals surface area contributed by atoms with Crippen molar-refractivity contribution in [2.24, 2.45) is 5.73 Å². The van der Waals surface area contributed by atoms with E-state index in [9.17, 15) is 0 Å². The molecule has 0 unspecified atom stereocenters. The molecule has 0 saturated carbocycles. The quantitative estimate of drug-likeness (QED) is 0.881. The highest BCUT2D eigenvalue weighted by atomic mass is 79.9. The Kier molecular flexibility index (Phi) is 4.16. The SMILES string of the molecule is CC(C)=C(CCN)c1ccc(Br)s1. The van der Waals surface area contributed by atoms with E-state index in [2.05, 4.69) is 41.9 Å². The van der Waals surface area contributed by atoms with E-state index >= 15 is 0 Å². The van der Waals surface area contributed by atoms with E-state index in [1.807, 2.05) is 0 Å². The molecule has 1 heterocycles. The summed E-state index contributed by atoms with van der Waals surface area (Å²) < 4.78 is 1.18.